The molecule has 2 atom stereocenters. The Kier molecular flexibility index (Phi) is 5.96. The van der Waals surface area contributed by atoms with Crippen molar-refractivity contribution in [2.75, 3.05) is 5.32 Å². The molecule has 0 fully saturated rings. The fourth-order valence-corrected chi connectivity index (χ4v) is 5.37. The third-order valence-electron chi connectivity index (χ3n) is 5.85. The van der Waals surface area contributed by atoms with Crippen LogP contribution in [0.5, 0.6) is 0 Å². The first-order valence-corrected chi connectivity index (χ1v) is 11.8. The lowest BCUT2D eigenvalue weighted by Crippen LogP contribution is -2.32. The number of thiophene rings is 1. The second-order valence-corrected chi connectivity index (χ2v) is 9.20. The van der Waals surface area contributed by atoms with E-state index in [1.165, 1.54) is 17.7 Å². The lowest BCUT2D eigenvalue weighted by molar-refractivity contribution is -0.137. The molecule has 6 nitrogen and oxygen atoms in total. The summed E-state index contributed by atoms with van der Waals surface area (Å²) in [5.41, 5.74) is 2.70. The molecule has 0 amide bonds. The number of carbonyl (C=O) groups is 1. The van der Waals surface area contributed by atoms with E-state index in [1.54, 1.807) is 6.92 Å². The van der Waals surface area contributed by atoms with E-state index in [2.05, 4.69) is 15.3 Å². The molecule has 0 bridgehead atoms. The van der Waals surface area contributed by atoms with Crippen molar-refractivity contribution in [2.24, 2.45) is 0 Å². The van der Waals surface area contributed by atoms with E-state index in [9.17, 15) is 15.0 Å². The zero-order valence-corrected chi connectivity index (χ0v) is 19.3. The number of hydrogen-bond donors (Lipinski definition) is 3. The van der Waals surface area contributed by atoms with E-state index in [0.717, 1.165) is 37.7 Å². The van der Waals surface area contributed by atoms with Gasteiger partial charge in [-0.1, -0.05) is 72.8 Å². The first-order chi connectivity index (χ1) is 16.5. The van der Waals surface area contributed by atoms with Gasteiger partial charge < -0.3 is 15.5 Å². The van der Waals surface area contributed by atoms with E-state index in [1.807, 2.05) is 72.8 Å². The van der Waals surface area contributed by atoms with Gasteiger partial charge >= 0.3 is 5.97 Å². The number of nitrogens with zero attached hydrogens (tertiary/aromatic N) is 2. The Bertz CT molecular complexity index is 1480. The van der Waals surface area contributed by atoms with E-state index < -0.39 is 18.1 Å². The fourth-order valence-electron chi connectivity index (χ4n) is 4.28. The minimum atomic E-state index is -0.965. The van der Waals surface area contributed by atoms with Crippen LogP contribution in [-0.2, 0) is 11.2 Å². The summed E-state index contributed by atoms with van der Waals surface area (Å²) in [5, 5.41) is 26.6. The lowest BCUT2D eigenvalue weighted by Gasteiger charge is -2.17. The second-order valence-electron chi connectivity index (χ2n) is 8.17. The maximum absolute atomic E-state index is 12.1. The fraction of sp³-hybridized carbons (Fsp3) is 0.148. The molecule has 3 N–H and O–H groups in total. The van der Waals surface area contributed by atoms with Gasteiger partial charge in [0.15, 0.2) is 0 Å². The highest BCUT2D eigenvalue weighted by atomic mass is 32.1. The van der Waals surface area contributed by atoms with Gasteiger partial charge in [-0.25, -0.2) is 14.8 Å². The summed E-state index contributed by atoms with van der Waals surface area (Å²) in [6, 6.07) is 22.7. The highest BCUT2D eigenvalue weighted by molar-refractivity contribution is 7.19. The van der Waals surface area contributed by atoms with Crippen molar-refractivity contribution >= 4 is 44.1 Å². The molecule has 0 saturated carbocycles. The topological polar surface area (TPSA) is 95.3 Å². The quantitative estimate of drug-likeness (QED) is 0.284. The molecule has 170 valence electrons. The molecule has 7 heteroatoms. The van der Waals surface area contributed by atoms with Crippen LogP contribution >= 0.6 is 11.3 Å². The zero-order valence-electron chi connectivity index (χ0n) is 18.5. The van der Waals surface area contributed by atoms with Crippen molar-refractivity contribution in [2.45, 2.75) is 25.5 Å². The van der Waals surface area contributed by atoms with Crippen molar-refractivity contribution in [3.63, 3.8) is 0 Å². The molecule has 0 saturated heterocycles. The minimum Gasteiger partial charge on any atom is -0.480 e. The molecular formula is C27H23N3O3S. The number of rotatable bonds is 7. The number of aliphatic hydroxyl groups excluding tert-OH is 1. The van der Waals surface area contributed by atoms with Crippen LogP contribution in [0, 0.1) is 0 Å². The SMILES string of the molecule is CC(O)c1sc2ncnc(NC(Cc3ccccc3)C(=O)O)c2c1-c1cccc2ccccc12. The van der Waals surface area contributed by atoms with Crippen LogP contribution in [0.1, 0.15) is 23.5 Å². The predicted octanol–water partition coefficient (Wildman–Crippen LogP) is 5.67. The summed E-state index contributed by atoms with van der Waals surface area (Å²) < 4.78 is 0. The average molecular weight is 470 g/mol. The third-order valence-corrected chi connectivity index (χ3v) is 7.11. The Hall–Kier alpha value is -3.81. The number of benzene rings is 3. The van der Waals surface area contributed by atoms with Crippen LogP contribution in [0.2, 0.25) is 0 Å². The Morgan fingerprint density at radius 2 is 1.74 bits per heavy atom. The number of nitrogens with one attached hydrogen (secondary N) is 1. The summed E-state index contributed by atoms with van der Waals surface area (Å²) in [6.07, 6.45) is 1.01. The monoisotopic (exact) mass is 469 g/mol. The first kappa shape index (κ1) is 22.0. The Morgan fingerprint density at radius 1 is 1.00 bits per heavy atom. The van der Waals surface area contributed by atoms with Crippen LogP contribution in [0.3, 0.4) is 0 Å². The predicted molar refractivity (Wildman–Crippen MR) is 136 cm³/mol. The Balaban J connectivity index is 1.69. The summed E-state index contributed by atoms with van der Waals surface area (Å²) >= 11 is 1.40. The number of aliphatic hydroxyl groups is 1. The van der Waals surface area contributed by atoms with Crippen LogP contribution in [0.15, 0.2) is 79.1 Å². The van der Waals surface area contributed by atoms with Crippen LogP contribution in [0.4, 0.5) is 5.82 Å². The number of aromatic nitrogens is 2. The molecule has 3 aromatic carbocycles. The Morgan fingerprint density at radius 3 is 2.50 bits per heavy atom. The molecular weight excluding hydrogens is 446 g/mol. The van der Waals surface area contributed by atoms with Crippen molar-refractivity contribution in [3.05, 3.63) is 89.6 Å². The first-order valence-electron chi connectivity index (χ1n) is 11.0. The lowest BCUT2D eigenvalue weighted by atomic mass is 9.95. The third kappa shape index (κ3) is 4.11. The maximum Gasteiger partial charge on any atom is 0.326 e. The maximum atomic E-state index is 12.1. The van der Waals surface area contributed by atoms with Crippen molar-refractivity contribution < 1.29 is 15.0 Å². The van der Waals surface area contributed by atoms with Crippen LogP contribution < -0.4 is 5.32 Å². The number of carboxylic acids is 1. The second kappa shape index (κ2) is 9.21. The van der Waals surface area contributed by atoms with E-state index in [0.29, 0.717) is 17.1 Å². The summed E-state index contributed by atoms with van der Waals surface area (Å²) in [4.78, 5) is 22.5. The zero-order chi connectivity index (χ0) is 23.7. The van der Waals surface area contributed by atoms with Gasteiger partial charge in [0, 0.05) is 16.9 Å². The highest BCUT2D eigenvalue weighted by Gasteiger charge is 2.25. The summed E-state index contributed by atoms with van der Waals surface area (Å²) in [6.45, 7) is 1.73. The molecule has 5 aromatic rings. The van der Waals surface area contributed by atoms with Crippen molar-refractivity contribution in [1.29, 1.82) is 0 Å². The van der Waals surface area contributed by atoms with E-state index in [4.69, 9.17) is 0 Å². The van der Waals surface area contributed by atoms with Gasteiger partial charge in [0.25, 0.3) is 0 Å². The molecule has 0 spiro atoms. The van der Waals surface area contributed by atoms with E-state index >= 15 is 0 Å². The molecule has 0 aliphatic carbocycles. The molecule has 0 radical (unpaired) electrons. The molecule has 2 heterocycles. The van der Waals surface area contributed by atoms with E-state index in [-0.39, 0.29) is 0 Å². The average Bonchev–Trinajstić information content (AvgIpc) is 3.25. The van der Waals surface area contributed by atoms with Crippen molar-refractivity contribution in [1.82, 2.24) is 9.97 Å². The van der Waals surface area contributed by atoms with Crippen molar-refractivity contribution in [3.8, 4) is 11.1 Å². The number of carboxylic acid groups (broad SMARTS) is 1. The largest absolute Gasteiger partial charge is 0.480 e. The molecule has 0 aliphatic heterocycles. The normalized spacial score (nSPS) is 13.1. The number of fused-ring (bicyclic) bond motifs is 2. The number of aliphatic carboxylic acids is 1. The van der Waals surface area contributed by atoms with Gasteiger partial charge in [-0.2, -0.15) is 0 Å². The van der Waals surface area contributed by atoms with Gasteiger partial charge in [-0.05, 0) is 28.8 Å². The molecule has 2 aromatic heterocycles. The minimum absolute atomic E-state index is 0.304. The molecule has 0 aliphatic rings. The van der Waals surface area contributed by atoms with Gasteiger partial charge in [-0.3, -0.25) is 0 Å². The number of anilines is 1. The van der Waals surface area contributed by atoms with Gasteiger partial charge in [0.05, 0.1) is 11.5 Å². The number of hydrogen-bond acceptors (Lipinski definition) is 6. The smallest absolute Gasteiger partial charge is 0.326 e. The molecule has 5 rings (SSSR count). The molecule has 2 unspecified atom stereocenters. The van der Waals surface area contributed by atoms with Gasteiger partial charge in [0.1, 0.15) is 23.0 Å². The van der Waals surface area contributed by atoms with Gasteiger partial charge in [0.2, 0.25) is 0 Å². The summed E-state index contributed by atoms with van der Waals surface area (Å²) in [7, 11) is 0. The van der Waals surface area contributed by atoms with Gasteiger partial charge in [-0.15, -0.1) is 11.3 Å². The highest BCUT2D eigenvalue weighted by Crippen LogP contribution is 2.45. The summed E-state index contributed by atoms with van der Waals surface area (Å²) in [5.74, 6) is -0.521. The standard InChI is InChI=1S/C27H23N3O3S/c1-16(31)24-22(20-13-7-11-18-10-5-6-12-19(18)20)23-25(28-15-29-26(23)34-24)30-21(27(32)33)14-17-8-3-2-4-9-17/h2-13,15-16,21,31H,14H2,1H3,(H,32,33)(H,28,29,30). The van der Waals surface area contributed by atoms with Crippen LogP contribution in [-0.4, -0.2) is 32.2 Å². The van der Waals surface area contributed by atoms with Crippen LogP contribution in [0.25, 0.3) is 32.1 Å². The Labute approximate surface area is 200 Å². The molecule has 34 heavy (non-hydrogen) atoms.